The maximum atomic E-state index is 12.7. The highest BCUT2D eigenvalue weighted by Gasteiger charge is 2.25. The summed E-state index contributed by atoms with van der Waals surface area (Å²) in [5, 5.41) is 24.1. The average Bonchev–Trinajstić information content (AvgIpc) is 3.60. The summed E-state index contributed by atoms with van der Waals surface area (Å²) in [5.74, 6) is 0.899. The van der Waals surface area contributed by atoms with Gasteiger partial charge in [0.2, 0.25) is 16.2 Å². The van der Waals surface area contributed by atoms with Crippen LogP contribution in [0.1, 0.15) is 55.5 Å². The van der Waals surface area contributed by atoms with Crippen molar-refractivity contribution in [3.05, 3.63) is 53.7 Å². The second-order valence-electron chi connectivity index (χ2n) is 10.7. The molecule has 12 heteroatoms. The number of hydrogen-bond acceptors (Lipinski definition) is 11. The Morgan fingerprint density at radius 2 is 1.88 bits per heavy atom. The maximum Gasteiger partial charge on any atom is 0.338 e. The normalized spacial score (nSPS) is 18.2. The minimum atomic E-state index is -0.288. The number of benzene rings is 1. The van der Waals surface area contributed by atoms with Crippen LogP contribution in [0.3, 0.4) is 0 Å². The Labute approximate surface area is 238 Å². The fourth-order valence-corrected chi connectivity index (χ4v) is 5.91. The van der Waals surface area contributed by atoms with Crippen LogP contribution in [0, 0.1) is 5.92 Å². The van der Waals surface area contributed by atoms with Crippen molar-refractivity contribution in [3.63, 3.8) is 0 Å². The molecule has 40 heavy (non-hydrogen) atoms. The monoisotopic (exact) mass is 564 g/mol. The van der Waals surface area contributed by atoms with E-state index in [2.05, 4.69) is 40.8 Å². The molecule has 2 saturated heterocycles. The molecule has 2 fully saturated rings. The molecule has 11 nitrogen and oxygen atoms in total. The molecule has 0 radical (unpaired) electrons. The molecule has 1 aromatic carbocycles. The first-order valence-electron chi connectivity index (χ1n) is 13.9. The molecular weight excluding hydrogens is 528 g/mol. The number of carbonyl (C=O) groups excluding carboxylic acids is 2. The lowest BCUT2D eigenvalue weighted by molar-refractivity contribution is -0.117. The third-order valence-corrected chi connectivity index (χ3v) is 7.93. The summed E-state index contributed by atoms with van der Waals surface area (Å²) in [6.07, 6.45) is 4.88. The summed E-state index contributed by atoms with van der Waals surface area (Å²) in [4.78, 5) is 29.5. The van der Waals surface area contributed by atoms with Gasteiger partial charge in [-0.3, -0.25) is 9.69 Å². The van der Waals surface area contributed by atoms with Crippen LogP contribution < -0.4 is 15.5 Å². The fraction of sp³-hybridized carbons (Fsp3) is 0.500. The molecule has 212 valence electrons. The molecule has 0 unspecified atom stereocenters. The van der Waals surface area contributed by atoms with Gasteiger partial charge < -0.3 is 20.3 Å². The predicted octanol–water partition coefficient (Wildman–Crippen LogP) is 3.82. The Hall–Kier alpha value is -3.64. The van der Waals surface area contributed by atoms with Crippen LogP contribution in [0.15, 0.2) is 42.6 Å². The van der Waals surface area contributed by atoms with Gasteiger partial charge in [0, 0.05) is 38.3 Å². The van der Waals surface area contributed by atoms with Crippen molar-refractivity contribution in [3.8, 4) is 0 Å². The third kappa shape index (κ3) is 7.72. The highest BCUT2D eigenvalue weighted by atomic mass is 32.1. The molecular formula is C28H36N8O3S. The number of ether oxygens (including phenoxy) is 1. The molecule has 3 aromatic rings. The molecule has 0 spiro atoms. The lowest BCUT2D eigenvalue weighted by Crippen LogP contribution is -2.34. The summed E-state index contributed by atoms with van der Waals surface area (Å²) in [5.41, 5.74) is 1.68. The van der Waals surface area contributed by atoms with Crippen molar-refractivity contribution in [2.75, 3.05) is 41.7 Å². The van der Waals surface area contributed by atoms with Crippen LogP contribution in [0.2, 0.25) is 0 Å². The Balaban J connectivity index is 1.02. The van der Waals surface area contributed by atoms with Crippen LogP contribution in [0.25, 0.3) is 0 Å². The second-order valence-corrected chi connectivity index (χ2v) is 11.7. The molecule has 2 N–H and O–H groups in total. The van der Waals surface area contributed by atoms with Crippen LogP contribution >= 0.6 is 11.3 Å². The Bertz CT molecular complexity index is 1280. The fourth-order valence-electron chi connectivity index (χ4n) is 5.17. The largest absolute Gasteiger partial charge is 0.459 e. The van der Waals surface area contributed by atoms with E-state index in [0.717, 1.165) is 63.4 Å². The van der Waals surface area contributed by atoms with Gasteiger partial charge in [-0.1, -0.05) is 23.5 Å². The lowest BCUT2D eigenvalue weighted by atomic mass is 9.93. The molecule has 0 saturated carbocycles. The van der Waals surface area contributed by atoms with E-state index in [4.69, 9.17) is 4.74 Å². The van der Waals surface area contributed by atoms with E-state index in [9.17, 15) is 9.59 Å². The molecule has 0 bridgehead atoms. The zero-order chi connectivity index (χ0) is 27.9. The number of hydrogen-bond donors (Lipinski definition) is 2. The minimum Gasteiger partial charge on any atom is -0.459 e. The Morgan fingerprint density at radius 3 is 2.65 bits per heavy atom. The highest BCUT2D eigenvalue weighted by molar-refractivity contribution is 7.19. The number of likely N-dealkylation sites (tertiary alicyclic amines) is 1. The summed E-state index contributed by atoms with van der Waals surface area (Å²) in [6, 6.07) is 11.7. The van der Waals surface area contributed by atoms with E-state index in [1.54, 1.807) is 12.3 Å². The summed E-state index contributed by atoms with van der Waals surface area (Å²) in [6.45, 7) is 8.02. The van der Waals surface area contributed by atoms with E-state index >= 15 is 0 Å². The quantitative estimate of drug-likeness (QED) is 0.351. The smallest absolute Gasteiger partial charge is 0.338 e. The molecule has 2 aliphatic heterocycles. The number of esters is 1. The Kier molecular flexibility index (Phi) is 9.17. The van der Waals surface area contributed by atoms with Gasteiger partial charge >= 0.3 is 5.97 Å². The zero-order valence-electron chi connectivity index (χ0n) is 23.0. The molecule has 1 atom stereocenters. The molecule has 5 rings (SSSR count). The summed E-state index contributed by atoms with van der Waals surface area (Å²) in [7, 11) is 0. The number of rotatable bonds is 10. The van der Waals surface area contributed by atoms with Crippen LogP contribution in [0.4, 0.5) is 16.1 Å². The van der Waals surface area contributed by atoms with Gasteiger partial charge in [0.05, 0.1) is 11.7 Å². The van der Waals surface area contributed by atoms with Crippen LogP contribution in [-0.4, -0.2) is 75.5 Å². The number of anilines is 3. The summed E-state index contributed by atoms with van der Waals surface area (Å²) < 4.78 is 5.32. The first kappa shape index (κ1) is 27.9. The van der Waals surface area contributed by atoms with Gasteiger partial charge in [-0.15, -0.1) is 15.3 Å². The number of amides is 1. The van der Waals surface area contributed by atoms with E-state index in [1.807, 2.05) is 44.2 Å². The number of aromatic nitrogens is 4. The molecule has 2 aliphatic rings. The van der Waals surface area contributed by atoms with Crippen molar-refractivity contribution in [2.45, 2.75) is 58.2 Å². The van der Waals surface area contributed by atoms with E-state index in [-0.39, 0.29) is 24.0 Å². The van der Waals surface area contributed by atoms with Gasteiger partial charge in [-0.25, -0.2) is 4.79 Å². The minimum absolute atomic E-state index is 0.0211. The standard InChI is InChI=1S/C28H36N8O3S/c1-19(2)39-26(38)22-6-3-5-21(15-22)17-35-12-8-20(9-13-35)16-25(37)31-28-34-33-27(40-28)30-23-10-14-36(18-23)24-7-4-11-29-32-24/h3-7,11,15,19-20,23H,8-10,12-14,16-18H2,1-2H3,(H,30,33)(H,31,34,37)/t23-/m1/s1. The second kappa shape index (κ2) is 13.1. The Morgan fingerprint density at radius 1 is 1.05 bits per heavy atom. The number of piperidine rings is 1. The van der Waals surface area contributed by atoms with Crippen LogP contribution in [0.5, 0.6) is 0 Å². The molecule has 0 aliphatic carbocycles. The van der Waals surface area contributed by atoms with Gasteiger partial charge in [-0.05, 0) is 81.9 Å². The van der Waals surface area contributed by atoms with E-state index < -0.39 is 0 Å². The first-order valence-corrected chi connectivity index (χ1v) is 14.7. The first-order chi connectivity index (χ1) is 19.4. The third-order valence-electron chi connectivity index (χ3n) is 7.16. The lowest BCUT2D eigenvalue weighted by Gasteiger charge is -2.31. The maximum absolute atomic E-state index is 12.7. The van der Waals surface area contributed by atoms with Crippen molar-refractivity contribution in [1.82, 2.24) is 25.3 Å². The van der Waals surface area contributed by atoms with Crippen molar-refractivity contribution < 1.29 is 14.3 Å². The number of carbonyl (C=O) groups is 2. The van der Waals surface area contributed by atoms with Gasteiger partial charge in [0.15, 0.2) is 5.82 Å². The van der Waals surface area contributed by atoms with Crippen LogP contribution in [-0.2, 0) is 16.1 Å². The SMILES string of the molecule is CC(C)OC(=O)c1cccc(CN2CCC(CC(=O)Nc3nnc(N[C@@H]4CCN(c5cccnn5)C4)s3)CC2)c1. The van der Waals surface area contributed by atoms with E-state index in [0.29, 0.717) is 28.2 Å². The van der Waals surface area contributed by atoms with Gasteiger partial charge in [0.25, 0.3) is 0 Å². The van der Waals surface area contributed by atoms with Gasteiger partial charge in [-0.2, -0.15) is 5.10 Å². The van der Waals surface area contributed by atoms with E-state index in [1.165, 1.54) is 11.3 Å². The van der Waals surface area contributed by atoms with Crippen molar-refractivity contribution >= 4 is 39.3 Å². The highest BCUT2D eigenvalue weighted by Crippen LogP contribution is 2.26. The average molecular weight is 565 g/mol. The molecule has 1 amide bonds. The van der Waals surface area contributed by atoms with Crippen molar-refractivity contribution in [1.29, 1.82) is 0 Å². The predicted molar refractivity (Wildman–Crippen MR) is 154 cm³/mol. The molecule has 2 aromatic heterocycles. The van der Waals surface area contributed by atoms with Crippen molar-refractivity contribution in [2.24, 2.45) is 5.92 Å². The zero-order valence-corrected chi connectivity index (χ0v) is 23.8. The summed E-state index contributed by atoms with van der Waals surface area (Å²) >= 11 is 1.36. The molecule has 4 heterocycles. The number of nitrogens with one attached hydrogen (secondary N) is 2. The van der Waals surface area contributed by atoms with Gasteiger partial charge in [0.1, 0.15) is 0 Å². The topological polar surface area (TPSA) is 125 Å². The number of nitrogens with zero attached hydrogens (tertiary/aromatic N) is 6.